The Labute approximate surface area is 145 Å². The third-order valence-corrected chi connectivity index (χ3v) is 3.89. The molecule has 0 saturated carbocycles. The summed E-state index contributed by atoms with van der Waals surface area (Å²) < 4.78 is 19.8. The van der Waals surface area contributed by atoms with Crippen LogP contribution < -0.4 is 15.6 Å². The molecule has 0 fully saturated rings. The second kappa shape index (κ2) is 5.96. The molecular formula is C17H12FN5O3. The predicted molar refractivity (Wildman–Crippen MR) is 92.0 cm³/mol. The molecule has 0 aliphatic carbocycles. The standard InChI is InChI=1S/C17H12FN5O3/c1-26-13-5-3-2-4-10(13)19-16(24)14-15-17(25)20-11-8-9(18)6-7-12(11)23(15)22-21-14/h2-8H,1H3,(H,19,24)(H,20,25). The molecule has 0 radical (unpaired) electrons. The largest absolute Gasteiger partial charge is 0.495 e. The van der Waals surface area contributed by atoms with Crippen molar-refractivity contribution in [2.45, 2.75) is 0 Å². The number of ether oxygens (including phenoxy) is 1. The Kier molecular flexibility index (Phi) is 3.61. The molecule has 1 amide bonds. The number of rotatable bonds is 3. The molecule has 2 aromatic heterocycles. The van der Waals surface area contributed by atoms with Crippen LogP contribution in [0.1, 0.15) is 10.5 Å². The Morgan fingerprint density at radius 3 is 2.88 bits per heavy atom. The van der Waals surface area contributed by atoms with Crippen molar-refractivity contribution in [3.8, 4) is 5.75 Å². The number of fused-ring (bicyclic) bond motifs is 3. The lowest BCUT2D eigenvalue weighted by atomic mass is 10.2. The van der Waals surface area contributed by atoms with Crippen LogP contribution in [0.5, 0.6) is 5.75 Å². The Morgan fingerprint density at radius 2 is 2.08 bits per heavy atom. The summed E-state index contributed by atoms with van der Waals surface area (Å²) in [6.45, 7) is 0. The lowest BCUT2D eigenvalue weighted by Gasteiger charge is -2.08. The van der Waals surface area contributed by atoms with Crippen molar-refractivity contribution in [2.75, 3.05) is 12.4 Å². The van der Waals surface area contributed by atoms with Crippen molar-refractivity contribution in [1.82, 2.24) is 19.8 Å². The summed E-state index contributed by atoms with van der Waals surface area (Å²) in [5.74, 6) is -0.648. The number of hydrogen-bond acceptors (Lipinski definition) is 5. The minimum Gasteiger partial charge on any atom is -0.495 e. The maximum Gasteiger partial charge on any atom is 0.278 e. The average Bonchev–Trinajstić information content (AvgIpc) is 3.08. The second-order valence-electron chi connectivity index (χ2n) is 5.47. The zero-order valence-electron chi connectivity index (χ0n) is 13.5. The normalized spacial score (nSPS) is 11.0. The molecule has 0 bridgehead atoms. The number of anilines is 1. The molecule has 130 valence electrons. The predicted octanol–water partition coefficient (Wildman–Crippen LogP) is 1.97. The fraction of sp³-hybridized carbons (Fsp3) is 0.0588. The smallest absolute Gasteiger partial charge is 0.278 e. The Bertz CT molecular complexity index is 1210. The molecule has 4 aromatic rings. The van der Waals surface area contributed by atoms with Gasteiger partial charge in [0.2, 0.25) is 0 Å². The molecule has 0 atom stereocenters. The molecule has 2 heterocycles. The van der Waals surface area contributed by atoms with Crippen molar-refractivity contribution < 1.29 is 13.9 Å². The number of aromatic nitrogens is 4. The minimum atomic E-state index is -0.614. The first kappa shape index (κ1) is 15.8. The summed E-state index contributed by atoms with van der Waals surface area (Å²) in [4.78, 5) is 27.5. The third-order valence-electron chi connectivity index (χ3n) is 3.89. The van der Waals surface area contributed by atoms with E-state index in [1.165, 1.54) is 29.8 Å². The van der Waals surface area contributed by atoms with Crippen molar-refractivity contribution in [2.24, 2.45) is 0 Å². The zero-order chi connectivity index (χ0) is 18.3. The summed E-state index contributed by atoms with van der Waals surface area (Å²) in [7, 11) is 1.48. The number of nitrogens with zero attached hydrogens (tertiary/aromatic N) is 3. The SMILES string of the molecule is COc1ccccc1NC(=O)c1nnn2c1c(=O)[nH]c1cc(F)ccc12. The number of benzene rings is 2. The minimum absolute atomic E-state index is 0.0310. The highest BCUT2D eigenvalue weighted by molar-refractivity contribution is 6.08. The van der Waals surface area contributed by atoms with E-state index in [2.05, 4.69) is 20.6 Å². The quantitative estimate of drug-likeness (QED) is 0.586. The molecule has 8 nitrogen and oxygen atoms in total. The topological polar surface area (TPSA) is 101 Å². The molecule has 2 aromatic carbocycles. The van der Waals surface area contributed by atoms with Gasteiger partial charge < -0.3 is 15.0 Å². The molecule has 0 saturated heterocycles. The lowest BCUT2D eigenvalue weighted by Crippen LogP contribution is -2.18. The number of H-pyrrole nitrogens is 1. The summed E-state index contributed by atoms with van der Waals surface area (Å²) in [5.41, 5.74) is 0.326. The monoisotopic (exact) mass is 353 g/mol. The van der Waals surface area contributed by atoms with Crippen molar-refractivity contribution in [1.29, 1.82) is 0 Å². The molecule has 4 rings (SSSR count). The van der Waals surface area contributed by atoms with E-state index >= 15 is 0 Å². The van der Waals surface area contributed by atoms with Crippen LogP contribution in [0.2, 0.25) is 0 Å². The number of carbonyl (C=O) groups is 1. The second-order valence-corrected chi connectivity index (χ2v) is 5.47. The van der Waals surface area contributed by atoms with Gasteiger partial charge in [-0.15, -0.1) is 5.10 Å². The Morgan fingerprint density at radius 1 is 1.27 bits per heavy atom. The molecular weight excluding hydrogens is 341 g/mol. The van der Waals surface area contributed by atoms with Crippen molar-refractivity contribution >= 4 is 28.1 Å². The van der Waals surface area contributed by atoms with E-state index < -0.39 is 17.3 Å². The van der Waals surface area contributed by atoms with Crippen LogP contribution in [0, 0.1) is 5.82 Å². The number of carbonyl (C=O) groups excluding carboxylic acids is 1. The molecule has 26 heavy (non-hydrogen) atoms. The molecule has 0 unspecified atom stereocenters. The molecule has 2 N–H and O–H groups in total. The third kappa shape index (κ3) is 2.46. The van der Waals surface area contributed by atoms with Gasteiger partial charge in [-0.05, 0) is 30.3 Å². The zero-order valence-corrected chi connectivity index (χ0v) is 13.5. The number of methoxy groups -OCH3 is 1. The lowest BCUT2D eigenvalue weighted by molar-refractivity contribution is 0.102. The number of halogens is 1. The summed E-state index contributed by atoms with van der Waals surface area (Å²) in [5, 5.41) is 10.3. The van der Waals surface area contributed by atoms with Crippen LogP contribution in [-0.4, -0.2) is 32.8 Å². The van der Waals surface area contributed by atoms with Gasteiger partial charge in [0.15, 0.2) is 11.2 Å². The van der Waals surface area contributed by atoms with Gasteiger partial charge in [-0.2, -0.15) is 0 Å². The van der Waals surface area contributed by atoms with Crippen LogP contribution in [0.15, 0.2) is 47.3 Å². The van der Waals surface area contributed by atoms with Gasteiger partial charge in [0.1, 0.15) is 11.6 Å². The number of amides is 1. The van der Waals surface area contributed by atoms with E-state index in [1.54, 1.807) is 24.3 Å². The molecule has 9 heteroatoms. The number of nitrogens with one attached hydrogen (secondary N) is 2. The highest BCUT2D eigenvalue weighted by Gasteiger charge is 2.20. The molecule has 0 aliphatic rings. The van der Waals surface area contributed by atoms with E-state index in [4.69, 9.17) is 4.74 Å². The Hall–Kier alpha value is -3.75. The first-order valence-corrected chi connectivity index (χ1v) is 7.60. The summed E-state index contributed by atoms with van der Waals surface area (Å²) in [6, 6.07) is 10.7. The van der Waals surface area contributed by atoms with Crippen LogP contribution in [0.25, 0.3) is 16.6 Å². The van der Waals surface area contributed by atoms with Crippen LogP contribution in [0.3, 0.4) is 0 Å². The van der Waals surface area contributed by atoms with Gasteiger partial charge in [0.05, 0.1) is 23.8 Å². The van der Waals surface area contributed by atoms with Crippen molar-refractivity contribution in [3.63, 3.8) is 0 Å². The highest BCUT2D eigenvalue weighted by Crippen LogP contribution is 2.24. The van der Waals surface area contributed by atoms with E-state index in [-0.39, 0.29) is 16.7 Å². The van der Waals surface area contributed by atoms with Gasteiger partial charge in [-0.3, -0.25) is 9.59 Å². The fourth-order valence-corrected chi connectivity index (χ4v) is 2.71. The van der Waals surface area contributed by atoms with Gasteiger partial charge in [0.25, 0.3) is 11.5 Å². The maximum atomic E-state index is 13.4. The van der Waals surface area contributed by atoms with E-state index in [1.807, 2.05) is 0 Å². The van der Waals surface area contributed by atoms with Crippen LogP contribution in [-0.2, 0) is 0 Å². The Balaban J connectivity index is 1.83. The number of aromatic amines is 1. The van der Waals surface area contributed by atoms with E-state index in [0.717, 1.165) is 0 Å². The summed E-state index contributed by atoms with van der Waals surface area (Å²) >= 11 is 0. The molecule has 0 aliphatic heterocycles. The number of para-hydroxylation sites is 2. The highest BCUT2D eigenvalue weighted by atomic mass is 19.1. The average molecular weight is 353 g/mol. The van der Waals surface area contributed by atoms with Gasteiger partial charge in [-0.25, -0.2) is 8.91 Å². The van der Waals surface area contributed by atoms with Gasteiger partial charge >= 0.3 is 0 Å². The van der Waals surface area contributed by atoms with Gasteiger partial charge in [-0.1, -0.05) is 17.3 Å². The van der Waals surface area contributed by atoms with Crippen LogP contribution >= 0.6 is 0 Å². The first-order valence-electron chi connectivity index (χ1n) is 7.60. The van der Waals surface area contributed by atoms with Crippen LogP contribution in [0.4, 0.5) is 10.1 Å². The van der Waals surface area contributed by atoms with Gasteiger partial charge in [0, 0.05) is 0 Å². The van der Waals surface area contributed by atoms with Crippen molar-refractivity contribution in [3.05, 3.63) is 64.3 Å². The fourth-order valence-electron chi connectivity index (χ4n) is 2.71. The molecule has 0 spiro atoms. The maximum absolute atomic E-state index is 13.4. The first-order chi connectivity index (χ1) is 12.6. The number of hydrogen-bond donors (Lipinski definition) is 2. The van der Waals surface area contributed by atoms with E-state index in [0.29, 0.717) is 17.0 Å². The van der Waals surface area contributed by atoms with E-state index in [9.17, 15) is 14.0 Å². The summed E-state index contributed by atoms with van der Waals surface area (Å²) in [6.07, 6.45) is 0.